The zero-order chi connectivity index (χ0) is 18.6. The molecule has 1 aromatic heterocycles. The maximum absolute atomic E-state index is 14.1. The number of halogens is 1. The number of amides is 1. The first-order valence-corrected chi connectivity index (χ1v) is 8.11. The lowest BCUT2D eigenvalue weighted by Crippen LogP contribution is -2.36. The summed E-state index contributed by atoms with van der Waals surface area (Å²) in [5, 5.41) is 22.0. The van der Waals surface area contributed by atoms with Gasteiger partial charge in [0, 0.05) is 6.54 Å². The fourth-order valence-corrected chi connectivity index (χ4v) is 2.43. The van der Waals surface area contributed by atoms with E-state index in [0.717, 1.165) is 19.3 Å². The smallest absolute Gasteiger partial charge is 0.388 e. The van der Waals surface area contributed by atoms with Gasteiger partial charge in [-0.05, 0) is 13.3 Å². The third-order valence-electron chi connectivity index (χ3n) is 3.87. The molecule has 0 aliphatic carbocycles. The largest absolute Gasteiger partial charge is 0.414 e. The molecule has 1 aliphatic rings. The molecule has 1 amide bonds. The fraction of sp³-hybridized carbons (Fsp3) is 0.667. The summed E-state index contributed by atoms with van der Waals surface area (Å²) in [6, 6.07) is 0. The van der Waals surface area contributed by atoms with Gasteiger partial charge in [-0.2, -0.15) is 9.37 Å². The molecule has 0 aromatic carbocycles. The molecule has 140 valence electrons. The lowest BCUT2D eigenvalue weighted by atomic mass is 10.1. The standard InChI is InChI=1S/C15H22FN3O6/c1-3-4-5-6-17-15(23)25-12-9(16)7-19(14(22)18-12)13-11(21)10(20)8(2)24-13/h7-8,10-11,13,20-21H,3-6H2,1-2H3,(H,17,23)/t8-,10-,11-,13-/m1/s1. The van der Waals surface area contributed by atoms with Crippen LogP contribution in [0.25, 0.3) is 0 Å². The molecule has 10 heteroatoms. The van der Waals surface area contributed by atoms with Crippen molar-refractivity contribution in [1.29, 1.82) is 0 Å². The van der Waals surface area contributed by atoms with E-state index in [4.69, 9.17) is 9.47 Å². The van der Waals surface area contributed by atoms with Gasteiger partial charge in [0.25, 0.3) is 5.88 Å². The van der Waals surface area contributed by atoms with Crippen molar-refractivity contribution in [2.24, 2.45) is 0 Å². The molecule has 1 aromatic rings. The number of unbranched alkanes of at least 4 members (excludes halogenated alkanes) is 2. The average Bonchev–Trinajstić information content (AvgIpc) is 2.82. The van der Waals surface area contributed by atoms with Crippen LogP contribution in [-0.2, 0) is 4.74 Å². The van der Waals surface area contributed by atoms with Crippen LogP contribution in [0.1, 0.15) is 39.3 Å². The molecule has 2 rings (SSSR count). The number of carbonyl (C=O) groups is 1. The molecule has 0 spiro atoms. The van der Waals surface area contributed by atoms with Crippen LogP contribution in [0.2, 0.25) is 0 Å². The van der Waals surface area contributed by atoms with E-state index in [-0.39, 0.29) is 0 Å². The summed E-state index contributed by atoms with van der Waals surface area (Å²) in [6.45, 7) is 3.88. The molecule has 0 radical (unpaired) electrons. The van der Waals surface area contributed by atoms with Crippen molar-refractivity contribution in [3.8, 4) is 5.88 Å². The first kappa shape index (κ1) is 19.3. The first-order valence-electron chi connectivity index (χ1n) is 8.11. The molecule has 1 aliphatic heterocycles. The van der Waals surface area contributed by atoms with Crippen LogP contribution in [0.3, 0.4) is 0 Å². The molecular formula is C15H22FN3O6. The van der Waals surface area contributed by atoms with Gasteiger partial charge in [0.2, 0.25) is 5.82 Å². The summed E-state index contributed by atoms with van der Waals surface area (Å²) in [5.41, 5.74) is -0.986. The summed E-state index contributed by atoms with van der Waals surface area (Å²) >= 11 is 0. The van der Waals surface area contributed by atoms with Crippen LogP contribution in [0.4, 0.5) is 9.18 Å². The number of rotatable bonds is 6. The highest BCUT2D eigenvalue weighted by Crippen LogP contribution is 2.28. The predicted molar refractivity (Wildman–Crippen MR) is 83.6 cm³/mol. The highest BCUT2D eigenvalue weighted by Gasteiger charge is 2.42. The topological polar surface area (TPSA) is 123 Å². The van der Waals surface area contributed by atoms with Gasteiger partial charge >= 0.3 is 11.8 Å². The lowest BCUT2D eigenvalue weighted by molar-refractivity contribution is -0.0357. The number of aromatic nitrogens is 2. The summed E-state index contributed by atoms with van der Waals surface area (Å²) in [6.07, 6.45) is -2.19. The van der Waals surface area contributed by atoms with Gasteiger partial charge in [-0.15, -0.1) is 0 Å². The minimum Gasteiger partial charge on any atom is -0.388 e. The van der Waals surface area contributed by atoms with Gasteiger partial charge in [-0.25, -0.2) is 9.59 Å². The van der Waals surface area contributed by atoms with E-state index >= 15 is 0 Å². The van der Waals surface area contributed by atoms with Gasteiger partial charge in [-0.1, -0.05) is 19.8 Å². The van der Waals surface area contributed by atoms with E-state index in [9.17, 15) is 24.2 Å². The maximum Gasteiger partial charge on any atom is 0.414 e. The summed E-state index contributed by atoms with van der Waals surface area (Å²) in [5.74, 6) is -1.84. The van der Waals surface area contributed by atoms with Crippen molar-refractivity contribution in [3.05, 3.63) is 22.5 Å². The molecule has 0 bridgehead atoms. The molecule has 2 heterocycles. The highest BCUT2D eigenvalue weighted by atomic mass is 19.1. The first-order chi connectivity index (χ1) is 11.8. The van der Waals surface area contributed by atoms with Crippen LogP contribution in [0, 0.1) is 5.82 Å². The van der Waals surface area contributed by atoms with Crippen molar-refractivity contribution >= 4 is 6.09 Å². The van der Waals surface area contributed by atoms with E-state index in [1.807, 2.05) is 6.92 Å². The van der Waals surface area contributed by atoms with Gasteiger partial charge in [0.1, 0.15) is 12.2 Å². The molecule has 1 saturated heterocycles. The fourth-order valence-electron chi connectivity index (χ4n) is 2.43. The molecule has 3 N–H and O–H groups in total. The zero-order valence-corrected chi connectivity index (χ0v) is 14.0. The monoisotopic (exact) mass is 359 g/mol. The minimum atomic E-state index is -1.41. The third-order valence-corrected chi connectivity index (χ3v) is 3.87. The second-order valence-corrected chi connectivity index (χ2v) is 5.82. The Kier molecular flexibility index (Phi) is 6.45. The summed E-state index contributed by atoms with van der Waals surface area (Å²) in [4.78, 5) is 27.0. The number of aliphatic hydroxyl groups is 2. The van der Waals surface area contributed by atoms with E-state index in [1.165, 1.54) is 6.92 Å². The van der Waals surface area contributed by atoms with Crippen LogP contribution >= 0.6 is 0 Å². The number of nitrogens with one attached hydrogen (secondary N) is 1. The average molecular weight is 359 g/mol. The van der Waals surface area contributed by atoms with Crippen molar-refractivity contribution in [1.82, 2.24) is 14.9 Å². The number of aliphatic hydroxyl groups excluding tert-OH is 2. The normalized spacial score (nSPS) is 25.8. The van der Waals surface area contributed by atoms with E-state index in [1.54, 1.807) is 0 Å². The predicted octanol–water partition coefficient (Wildman–Crippen LogP) is 0.300. The molecule has 1 fully saturated rings. The van der Waals surface area contributed by atoms with Crippen molar-refractivity contribution in [2.45, 2.75) is 57.6 Å². The Labute approximate surface area is 143 Å². The Morgan fingerprint density at radius 3 is 2.76 bits per heavy atom. The van der Waals surface area contributed by atoms with Crippen LogP contribution < -0.4 is 15.7 Å². The lowest BCUT2D eigenvalue weighted by Gasteiger charge is -2.17. The van der Waals surface area contributed by atoms with Gasteiger partial charge < -0.3 is 25.0 Å². The van der Waals surface area contributed by atoms with Crippen LogP contribution in [0.5, 0.6) is 5.88 Å². The number of carbonyl (C=O) groups excluding carboxylic acids is 1. The second kappa shape index (κ2) is 8.37. The Morgan fingerprint density at radius 2 is 2.16 bits per heavy atom. The van der Waals surface area contributed by atoms with E-state index < -0.39 is 48.0 Å². The summed E-state index contributed by atoms with van der Waals surface area (Å²) < 4.78 is 24.7. The minimum absolute atomic E-state index is 0.364. The molecular weight excluding hydrogens is 337 g/mol. The number of ether oxygens (including phenoxy) is 2. The molecule has 9 nitrogen and oxygen atoms in total. The van der Waals surface area contributed by atoms with Crippen molar-refractivity contribution < 1.29 is 28.9 Å². The maximum atomic E-state index is 14.1. The van der Waals surface area contributed by atoms with Gasteiger partial charge in [0.15, 0.2) is 6.23 Å². The highest BCUT2D eigenvalue weighted by molar-refractivity contribution is 5.69. The SMILES string of the molecule is CCCCCNC(=O)Oc1nc(=O)n([C@@H]2O[C@H](C)[C@@H](O)[C@H]2O)cc1F. The Balaban J connectivity index is 2.07. The number of hydrogen-bond donors (Lipinski definition) is 3. The number of nitrogens with zero attached hydrogens (tertiary/aromatic N) is 2. The zero-order valence-electron chi connectivity index (χ0n) is 14.0. The van der Waals surface area contributed by atoms with Gasteiger partial charge in [0.05, 0.1) is 12.3 Å². The van der Waals surface area contributed by atoms with Crippen LogP contribution in [0.15, 0.2) is 11.0 Å². The van der Waals surface area contributed by atoms with Gasteiger partial charge in [-0.3, -0.25) is 4.57 Å². The molecule has 4 atom stereocenters. The summed E-state index contributed by atoms with van der Waals surface area (Å²) in [7, 11) is 0. The second-order valence-electron chi connectivity index (χ2n) is 5.82. The van der Waals surface area contributed by atoms with E-state index in [0.29, 0.717) is 17.3 Å². The molecule has 0 saturated carbocycles. The van der Waals surface area contributed by atoms with E-state index in [2.05, 4.69) is 10.3 Å². The van der Waals surface area contributed by atoms with Crippen LogP contribution in [-0.4, -0.2) is 50.7 Å². The third kappa shape index (κ3) is 4.53. The quantitative estimate of drug-likeness (QED) is 0.624. The number of hydrogen-bond acceptors (Lipinski definition) is 7. The van der Waals surface area contributed by atoms with Crippen molar-refractivity contribution in [2.75, 3.05) is 6.54 Å². The Morgan fingerprint density at radius 1 is 1.44 bits per heavy atom. The van der Waals surface area contributed by atoms with Crippen molar-refractivity contribution in [3.63, 3.8) is 0 Å². The molecule has 25 heavy (non-hydrogen) atoms. The Bertz CT molecular complexity index is 667. The molecule has 0 unspecified atom stereocenters. The Hall–Kier alpha value is -2.04.